The van der Waals surface area contributed by atoms with Gasteiger partial charge < -0.3 is 10.1 Å². The molecular weight excluding hydrogens is 176 g/mol. The van der Waals surface area contributed by atoms with Crippen LogP contribution in [0.5, 0.6) is 0 Å². The Hall–Kier alpha value is -0.120. The number of nitrogens with zero attached hydrogens (tertiary/aromatic N) is 1. The predicted octanol–water partition coefficient (Wildman–Crippen LogP) is 1.10. The number of likely N-dealkylation sites (N-methyl/N-ethyl adjacent to an activating group) is 1. The van der Waals surface area contributed by atoms with Crippen molar-refractivity contribution in [3.8, 4) is 0 Å². The summed E-state index contributed by atoms with van der Waals surface area (Å²) in [6.07, 6.45) is 1.56. The molecule has 0 saturated carbocycles. The van der Waals surface area contributed by atoms with Gasteiger partial charge in [-0.15, -0.1) is 0 Å². The lowest BCUT2D eigenvalue weighted by molar-refractivity contribution is -0.0417. The van der Waals surface area contributed by atoms with Gasteiger partial charge in [-0.25, -0.2) is 0 Å². The molecular formula is C11H24N2O. The lowest BCUT2D eigenvalue weighted by atomic mass is 10.1. The largest absolute Gasteiger partial charge is 0.374 e. The van der Waals surface area contributed by atoms with Gasteiger partial charge in [0.1, 0.15) is 0 Å². The Morgan fingerprint density at radius 2 is 2.29 bits per heavy atom. The van der Waals surface area contributed by atoms with Crippen LogP contribution in [-0.4, -0.2) is 49.8 Å². The summed E-state index contributed by atoms with van der Waals surface area (Å²) in [4.78, 5) is 2.46. The van der Waals surface area contributed by atoms with Crippen LogP contribution in [0.3, 0.4) is 0 Å². The SMILES string of the molecule is CCCNC(C)C1CN(CC)CCO1. The molecule has 0 aromatic rings. The summed E-state index contributed by atoms with van der Waals surface area (Å²) < 4.78 is 5.76. The Morgan fingerprint density at radius 3 is 2.93 bits per heavy atom. The third kappa shape index (κ3) is 3.56. The standard InChI is InChI=1S/C11H24N2O/c1-4-6-12-10(3)11-9-13(5-2)7-8-14-11/h10-12H,4-9H2,1-3H3. The molecule has 0 aliphatic carbocycles. The number of ether oxygens (including phenoxy) is 1. The molecule has 0 spiro atoms. The lowest BCUT2D eigenvalue weighted by Gasteiger charge is -2.35. The molecule has 3 heteroatoms. The Morgan fingerprint density at radius 1 is 1.50 bits per heavy atom. The van der Waals surface area contributed by atoms with E-state index in [1.165, 1.54) is 6.42 Å². The van der Waals surface area contributed by atoms with Crippen molar-refractivity contribution in [3.05, 3.63) is 0 Å². The zero-order chi connectivity index (χ0) is 10.4. The third-order valence-corrected chi connectivity index (χ3v) is 2.90. The summed E-state index contributed by atoms with van der Waals surface area (Å²) in [5.74, 6) is 0. The van der Waals surface area contributed by atoms with Crippen LogP contribution in [-0.2, 0) is 4.74 Å². The van der Waals surface area contributed by atoms with Crippen LogP contribution >= 0.6 is 0 Å². The molecule has 1 fully saturated rings. The van der Waals surface area contributed by atoms with E-state index in [4.69, 9.17) is 4.74 Å². The average Bonchev–Trinajstić information content (AvgIpc) is 2.26. The van der Waals surface area contributed by atoms with E-state index in [1.807, 2.05) is 0 Å². The molecule has 2 unspecified atom stereocenters. The summed E-state index contributed by atoms with van der Waals surface area (Å²) in [5.41, 5.74) is 0. The molecule has 0 bridgehead atoms. The Labute approximate surface area is 87.8 Å². The highest BCUT2D eigenvalue weighted by atomic mass is 16.5. The highest BCUT2D eigenvalue weighted by molar-refractivity contribution is 4.79. The van der Waals surface area contributed by atoms with E-state index in [-0.39, 0.29) is 0 Å². The van der Waals surface area contributed by atoms with E-state index >= 15 is 0 Å². The molecule has 1 aliphatic rings. The van der Waals surface area contributed by atoms with Crippen LogP contribution in [0.25, 0.3) is 0 Å². The molecule has 0 aromatic carbocycles. The molecule has 0 aromatic heterocycles. The van der Waals surface area contributed by atoms with Gasteiger partial charge in [0.05, 0.1) is 12.7 Å². The van der Waals surface area contributed by atoms with Gasteiger partial charge in [0.15, 0.2) is 0 Å². The molecule has 0 radical (unpaired) electrons. The monoisotopic (exact) mass is 200 g/mol. The quantitative estimate of drug-likeness (QED) is 0.719. The van der Waals surface area contributed by atoms with Gasteiger partial charge in [0.25, 0.3) is 0 Å². The first-order valence-corrected chi connectivity index (χ1v) is 5.85. The van der Waals surface area contributed by atoms with Crippen molar-refractivity contribution in [2.45, 2.75) is 39.3 Å². The van der Waals surface area contributed by atoms with Crippen LogP contribution in [0, 0.1) is 0 Å². The van der Waals surface area contributed by atoms with E-state index < -0.39 is 0 Å². The van der Waals surface area contributed by atoms with Crippen molar-refractivity contribution in [1.82, 2.24) is 10.2 Å². The molecule has 84 valence electrons. The normalized spacial score (nSPS) is 26.4. The van der Waals surface area contributed by atoms with E-state index in [9.17, 15) is 0 Å². The van der Waals surface area contributed by atoms with Crippen molar-refractivity contribution < 1.29 is 4.74 Å². The fourth-order valence-electron chi connectivity index (χ4n) is 1.82. The minimum absolute atomic E-state index is 0.371. The minimum Gasteiger partial charge on any atom is -0.374 e. The molecule has 14 heavy (non-hydrogen) atoms. The number of hydrogen-bond donors (Lipinski definition) is 1. The van der Waals surface area contributed by atoms with E-state index in [0.717, 1.165) is 32.8 Å². The van der Waals surface area contributed by atoms with Crippen LogP contribution in [0.4, 0.5) is 0 Å². The zero-order valence-corrected chi connectivity index (χ0v) is 9.75. The van der Waals surface area contributed by atoms with Crippen molar-refractivity contribution in [2.75, 3.05) is 32.8 Å². The summed E-state index contributed by atoms with van der Waals surface area (Å²) >= 11 is 0. The first-order valence-electron chi connectivity index (χ1n) is 5.85. The fourth-order valence-corrected chi connectivity index (χ4v) is 1.82. The van der Waals surface area contributed by atoms with Crippen LogP contribution in [0.1, 0.15) is 27.2 Å². The molecule has 2 atom stereocenters. The van der Waals surface area contributed by atoms with E-state index in [0.29, 0.717) is 12.1 Å². The van der Waals surface area contributed by atoms with Gasteiger partial charge in [-0.3, -0.25) is 4.90 Å². The van der Waals surface area contributed by atoms with Gasteiger partial charge in [-0.05, 0) is 26.4 Å². The highest BCUT2D eigenvalue weighted by Gasteiger charge is 2.23. The van der Waals surface area contributed by atoms with Crippen molar-refractivity contribution in [1.29, 1.82) is 0 Å². The molecule has 1 rings (SSSR count). The second kappa shape index (κ2) is 6.38. The molecule has 1 heterocycles. The second-order valence-electron chi connectivity index (χ2n) is 4.05. The first-order chi connectivity index (χ1) is 6.77. The maximum atomic E-state index is 5.76. The number of nitrogens with one attached hydrogen (secondary N) is 1. The average molecular weight is 200 g/mol. The number of rotatable bonds is 5. The van der Waals surface area contributed by atoms with Gasteiger partial charge >= 0.3 is 0 Å². The third-order valence-electron chi connectivity index (χ3n) is 2.90. The number of hydrogen-bond acceptors (Lipinski definition) is 3. The Bertz CT molecular complexity index is 152. The summed E-state index contributed by atoms with van der Waals surface area (Å²) in [7, 11) is 0. The minimum atomic E-state index is 0.371. The van der Waals surface area contributed by atoms with Gasteiger partial charge in [0.2, 0.25) is 0 Å². The molecule has 3 nitrogen and oxygen atoms in total. The van der Waals surface area contributed by atoms with Crippen molar-refractivity contribution in [2.24, 2.45) is 0 Å². The van der Waals surface area contributed by atoms with Crippen LogP contribution < -0.4 is 5.32 Å². The fraction of sp³-hybridized carbons (Fsp3) is 1.00. The van der Waals surface area contributed by atoms with E-state index in [1.54, 1.807) is 0 Å². The molecule has 0 amide bonds. The predicted molar refractivity (Wildman–Crippen MR) is 59.6 cm³/mol. The second-order valence-corrected chi connectivity index (χ2v) is 4.05. The van der Waals surface area contributed by atoms with Crippen molar-refractivity contribution >= 4 is 0 Å². The van der Waals surface area contributed by atoms with Crippen molar-refractivity contribution in [3.63, 3.8) is 0 Å². The van der Waals surface area contributed by atoms with Gasteiger partial charge in [-0.1, -0.05) is 13.8 Å². The van der Waals surface area contributed by atoms with Gasteiger partial charge in [0, 0.05) is 19.1 Å². The Kier molecular flexibility index (Phi) is 5.45. The smallest absolute Gasteiger partial charge is 0.0852 e. The zero-order valence-electron chi connectivity index (χ0n) is 9.75. The summed E-state index contributed by atoms with van der Waals surface area (Å²) in [5, 5.41) is 3.49. The lowest BCUT2D eigenvalue weighted by Crippen LogP contribution is -2.51. The summed E-state index contributed by atoms with van der Waals surface area (Å²) in [6.45, 7) is 11.9. The van der Waals surface area contributed by atoms with E-state index in [2.05, 4.69) is 31.0 Å². The number of morpholine rings is 1. The first kappa shape index (κ1) is 12.0. The topological polar surface area (TPSA) is 24.5 Å². The maximum absolute atomic E-state index is 5.76. The molecule has 1 N–H and O–H groups in total. The molecule has 1 saturated heterocycles. The molecule has 1 aliphatic heterocycles. The van der Waals surface area contributed by atoms with Gasteiger partial charge in [-0.2, -0.15) is 0 Å². The van der Waals surface area contributed by atoms with Crippen LogP contribution in [0.2, 0.25) is 0 Å². The van der Waals surface area contributed by atoms with Crippen LogP contribution in [0.15, 0.2) is 0 Å². The highest BCUT2D eigenvalue weighted by Crippen LogP contribution is 2.08. The summed E-state index contributed by atoms with van der Waals surface area (Å²) in [6, 6.07) is 0.476. The Balaban J connectivity index is 2.27. The maximum Gasteiger partial charge on any atom is 0.0852 e.